The van der Waals surface area contributed by atoms with Crippen LogP contribution < -0.4 is 5.73 Å². The minimum absolute atomic E-state index is 0.148. The largest absolute Gasteiger partial charge is 0.393 e. The lowest BCUT2D eigenvalue weighted by Crippen LogP contribution is -2.24. The molecule has 0 saturated carbocycles. The number of hydrogen-bond acceptors (Lipinski definition) is 3. The quantitative estimate of drug-likeness (QED) is 0.709. The Morgan fingerprint density at radius 1 is 1.57 bits per heavy atom. The van der Waals surface area contributed by atoms with Crippen molar-refractivity contribution in [3.05, 3.63) is 0 Å². The van der Waals surface area contributed by atoms with Gasteiger partial charge in [-0.15, -0.1) is 0 Å². The van der Waals surface area contributed by atoms with Crippen LogP contribution in [-0.2, 0) is 9.47 Å². The van der Waals surface area contributed by atoms with E-state index >= 15 is 0 Å². The van der Waals surface area contributed by atoms with Crippen molar-refractivity contribution < 1.29 is 9.47 Å². The molecule has 0 aromatic carbocycles. The minimum atomic E-state index is 0.148. The van der Waals surface area contributed by atoms with E-state index < -0.39 is 0 Å². The Kier molecular flexibility index (Phi) is 5.37. The standard InChI is InChI=1S/C10H19NO2S/c1-8(6-10(11)14)13-7-9-2-4-12-5-3-9/h8-9H,2-7H2,1H3,(H2,11,14). The van der Waals surface area contributed by atoms with Gasteiger partial charge in [0.2, 0.25) is 0 Å². The van der Waals surface area contributed by atoms with Crippen molar-refractivity contribution in [3.63, 3.8) is 0 Å². The summed E-state index contributed by atoms with van der Waals surface area (Å²) in [4.78, 5) is 0.532. The fourth-order valence-electron chi connectivity index (χ4n) is 1.56. The first-order chi connectivity index (χ1) is 6.68. The van der Waals surface area contributed by atoms with Gasteiger partial charge in [0.15, 0.2) is 0 Å². The maximum atomic E-state index is 5.67. The number of rotatable bonds is 5. The molecule has 0 radical (unpaired) electrons. The molecule has 14 heavy (non-hydrogen) atoms. The van der Waals surface area contributed by atoms with Crippen LogP contribution >= 0.6 is 12.2 Å². The molecule has 1 fully saturated rings. The summed E-state index contributed by atoms with van der Waals surface area (Å²) in [6, 6.07) is 0. The zero-order chi connectivity index (χ0) is 10.4. The van der Waals surface area contributed by atoms with Crippen molar-refractivity contribution in [2.24, 2.45) is 11.7 Å². The van der Waals surface area contributed by atoms with E-state index in [1.54, 1.807) is 0 Å². The maximum Gasteiger partial charge on any atom is 0.0753 e. The lowest BCUT2D eigenvalue weighted by molar-refractivity contribution is -0.00246. The van der Waals surface area contributed by atoms with Crippen molar-refractivity contribution in [2.75, 3.05) is 19.8 Å². The van der Waals surface area contributed by atoms with E-state index in [-0.39, 0.29) is 6.10 Å². The van der Waals surface area contributed by atoms with Crippen molar-refractivity contribution >= 4 is 17.2 Å². The van der Waals surface area contributed by atoms with Crippen LogP contribution in [0.1, 0.15) is 26.2 Å². The van der Waals surface area contributed by atoms with E-state index in [2.05, 4.69) is 0 Å². The van der Waals surface area contributed by atoms with Crippen LogP contribution in [0, 0.1) is 5.92 Å². The first-order valence-corrected chi connectivity index (χ1v) is 5.57. The van der Waals surface area contributed by atoms with Gasteiger partial charge in [0, 0.05) is 26.2 Å². The van der Waals surface area contributed by atoms with E-state index in [0.717, 1.165) is 32.7 Å². The summed E-state index contributed by atoms with van der Waals surface area (Å²) < 4.78 is 10.9. The number of hydrogen-bond donors (Lipinski definition) is 1. The summed E-state index contributed by atoms with van der Waals surface area (Å²) in [6.07, 6.45) is 3.05. The molecule has 0 aliphatic carbocycles. The summed E-state index contributed by atoms with van der Waals surface area (Å²) in [5.41, 5.74) is 5.43. The van der Waals surface area contributed by atoms with Crippen molar-refractivity contribution in [1.82, 2.24) is 0 Å². The molecule has 3 nitrogen and oxygen atoms in total. The van der Waals surface area contributed by atoms with Crippen LogP contribution in [-0.4, -0.2) is 30.9 Å². The predicted molar refractivity (Wildman–Crippen MR) is 60.4 cm³/mol. The Labute approximate surface area is 90.9 Å². The molecule has 82 valence electrons. The van der Waals surface area contributed by atoms with Gasteiger partial charge in [-0.1, -0.05) is 12.2 Å². The van der Waals surface area contributed by atoms with Crippen LogP contribution in [0.15, 0.2) is 0 Å². The third-order valence-electron chi connectivity index (χ3n) is 2.45. The van der Waals surface area contributed by atoms with E-state index in [1.807, 2.05) is 6.92 Å². The van der Waals surface area contributed by atoms with Crippen molar-refractivity contribution in [2.45, 2.75) is 32.3 Å². The number of ether oxygens (including phenoxy) is 2. The fraction of sp³-hybridized carbons (Fsp3) is 0.900. The monoisotopic (exact) mass is 217 g/mol. The SMILES string of the molecule is CC(CC(N)=S)OCC1CCOCC1. The summed E-state index contributed by atoms with van der Waals surface area (Å²) >= 11 is 4.82. The van der Waals surface area contributed by atoms with Crippen LogP contribution in [0.2, 0.25) is 0 Å². The first kappa shape index (κ1) is 11.9. The molecule has 0 aromatic heterocycles. The molecule has 1 saturated heterocycles. The van der Waals surface area contributed by atoms with E-state index in [4.69, 9.17) is 27.4 Å². The van der Waals surface area contributed by atoms with Gasteiger partial charge < -0.3 is 15.2 Å². The predicted octanol–water partition coefficient (Wildman–Crippen LogP) is 1.49. The van der Waals surface area contributed by atoms with Gasteiger partial charge in [-0.3, -0.25) is 0 Å². The molecule has 0 amide bonds. The molecule has 0 aromatic rings. The Morgan fingerprint density at radius 2 is 2.21 bits per heavy atom. The summed E-state index contributed by atoms with van der Waals surface area (Å²) in [5, 5.41) is 0. The molecule has 1 rings (SSSR count). The van der Waals surface area contributed by atoms with Gasteiger partial charge in [-0.2, -0.15) is 0 Å². The Hall–Kier alpha value is -0.190. The molecule has 1 heterocycles. The van der Waals surface area contributed by atoms with Crippen LogP contribution in [0.3, 0.4) is 0 Å². The van der Waals surface area contributed by atoms with Crippen LogP contribution in [0.4, 0.5) is 0 Å². The third kappa shape index (κ3) is 4.88. The minimum Gasteiger partial charge on any atom is -0.393 e. The van der Waals surface area contributed by atoms with E-state index in [9.17, 15) is 0 Å². The molecule has 4 heteroatoms. The second kappa shape index (κ2) is 6.32. The maximum absolute atomic E-state index is 5.67. The highest BCUT2D eigenvalue weighted by Crippen LogP contribution is 2.15. The molecular weight excluding hydrogens is 198 g/mol. The highest BCUT2D eigenvalue weighted by atomic mass is 32.1. The highest BCUT2D eigenvalue weighted by molar-refractivity contribution is 7.80. The molecule has 0 bridgehead atoms. The molecule has 1 unspecified atom stereocenters. The molecule has 0 spiro atoms. The van der Waals surface area contributed by atoms with Gasteiger partial charge in [-0.05, 0) is 25.7 Å². The molecule has 1 atom stereocenters. The molecule has 1 aliphatic rings. The van der Waals surface area contributed by atoms with Gasteiger partial charge in [0.05, 0.1) is 11.1 Å². The van der Waals surface area contributed by atoms with Crippen molar-refractivity contribution in [1.29, 1.82) is 0 Å². The van der Waals surface area contributed by atoms with Gasteiger partial charge >= 0.3 is 0 Å². The van der Waals surface area contributed by atoms with Gasteiger partial charge in [0.1, 0.15) is 0 Å². The topological polar surface area (TPSA) is 44.5 Å². The van der Waals surface area contributed by atoms with Crippen LogP contribution in [0.25, 0.3) is 0 Å². The molecular formula is C10H19NO2S. The fourth-order valence-corrected chi connectivity index (χ4v) is 1.79. The average Bonchev–Trinajstić information content (AvgIpc) is 2.15. The summed E-state index contributed by atoms with van der Waals surface area (Å²) in [5.74, 6) is 0.651. The normalized spacial score (nSPS) is 20.6. The van der Waals surface area contributed by atoms with Crippen molar-refractivity contribution in [3.8, 4) is 0 Å². The zero-order valence-electron chi connectivity index (χ0n) is 8.70. The average molecular weight is 217 g/mol. The highest BCUT2D eigenvalue weighted by Gasteiger charge is 2.15. The molecule has 1 aliphatic heterocycles. The Morgan fingerprint density at radius 3 is 2.79 bits per heavy atom. The summed E-state index contributed by atoms with van der Waals surface area (Å²) in [7, 11) is 0. The lowest BCUT2D eigenvalue weighted by Gasteiger charge is -2.23. The number of nitrogens with two attached hydrogens (primary N) is 1. The lowest BCUT2D eigenvalue weighted by atomic mass is 10.0. The van der Waals surface area contributed by atoms with E-state index in [0.29, 0.717) is 17.3 Å². The second-order valence-electron chi connectivity index (χ2n) is 3.87. The van der Waals surface area contributed by atoms with Gasteiger partial charge in [0.25, 0.3) is 0 Å². The zero-order valence-corrected chi connectivity index (χ0v) is 9.52. The Bertz CT molecular complexity index is 181. The van der Waals surface area contributed by atoms with Crippen LogP contribution in [0.5, 0.6) is 0 Å². The smallest absolute Gasteiger partial charge is 0.0753 e. The number of thiocarbonyl (C=S) groups is 1. The first-order valence-electron chi connectivity index (χ1n) is 5.16. The Balaban J connectivity index is 2.09. The third-order valence-corrected chi connectivity index (χ3v) is 2.61. The van der Waals surface area contributed by atoms with E-state index in [1.165, 1.54) is 0 Å². The summed E-state index contributed by atoms with van der Waals surface area (Å²) in [6.45, 7) is 4.57. The second-order valence-corrected chi connectivity index (χ2v) is 4.39. The molecule has 2 N–H and O–H groups in total. The van der Waals surface area contributed by atoms with Gasteiger partial charge in [-0.25, -0.2) is 0 Å².